The molecular weight excluding hydrogens is 274 g/mol. The van der Waals surface area contributed by atoms with Crippen LogP contribution in [0.25, 0.3) is 0 Å². The van der Waals surface area contributed by atoms with Crippen LogP contribution in [0.1, 0.15) is 40.0 Å². The summed E-state index contributed by atoms with van der Waals surface area (Å²) in [7, 11) is 0. The van der Waals surface area contributed by atoms with Crippen molar-refractivity contribution in [2.24, 2.45) is 0 Å². The van der Waals surface area contributed by atoms with Gasteiger partial charge < -0.3 is 10.1 Å². The number of piperidine rings is 1. The van der Waals surface area contributed by atoms with E-state index in [9.17, 15) is 14.4 Å². The zero-order chi connectivity index (χ0) is 15.8. The van der Waals surface area contributed by atoms with Crippen molar-refractivity contribution in [1.82, 2.24) is 15.5 Å². The lowest BCUT2D eigenvalue weighted by molar-refractivity contribution is -0.152. The number of hydrogen-bond donors (Lipinski definition) is 2. The van der Waals surface area contributed by atoms with E-state index in [1.165, 1.54) is 0 Å². The largest absolute Gasteiger partial charge is 0.465 e. The highest BCUT2D eigenvalue weighted by atomic mass is 16.5. The molecule has 1 rings (SSSR count). The summed E-state index contributed by atoms with van der Waals surface area (Å²) in [6.45, 7) is 6.65. The average molecular weight is 299 g/mol. The first kappa shape index (κ1) is 17.4. The van der Waals surface area contributed by atoms with Gasteiger partial charge in [0.25, 0.3) is 0 Å². The van der Waals surface area contributed by atoms with E-state index in [0.717, 1.165) is 12.8 Å². The molecule has 0 radical (unpaired) electrons. The molecule has 0 bridgehead atoms. The molecule has 7 nitrogen and oxygen atoms in total. The van der Waals surface area contributed by atoms with Crippen LogP contribution in [0.4, 0.5) is 4.79 Å². The molecule has 0 aromatic carbocycles. The van der Waals surface area contributed by atoms with Gasteiger partial charge >= 0.3 is 12.0 Å². The Bertz CT molecular complexity index is 386. The van der Waals surface area contributed by atoms with Gasteiger partial charge in [-0.3, -0.25) is 19.8 Å². The molecular formula is C14H25N3O4. The van der Waals surface area contributed by atoms with E-state index in [2.05, 4.69) is 10.6 Å². The number of rotatable bonds is 5. The third-order valence-corrected chi connectivity index (χ3v) is 3.55. The van der Waals surface area contributed by atoms with Crippen molar-refractivity contribution in [2.75, 3.05) is 19.7 Å². The van der Waals surface area contributed by atoms with Crippen LogP contribution < -0.4 is 10.6 Å². The Labute approximate surface area is 125 Å². The fourth-order valence-corrected chi connectivity index (χ4v) is 2.48. The molecule has 3 amide bonds. The van der Waals surface area contributed by atoms with Crippen LogP contribution in [-0.4, -0.2) is 54.6 Å². The Morgan fingerprint density at radius 1 is 1.29 bits per heavy atom. The molecule has 1 aliphatic rings. The number of nitrogens with zero attached hydrogens (tertiary/aromatic N) is 1. The Morgan fingerprint density at radius 2 is 2.00 bits per heavy atom. The number of carbonyl (C=O) groups excluding carboxylic acids is 3. The number of carbonyl (C=O) groups is 3. The Morgan fingerprint density at radius 3 is 2.62 bits per heavy atom. The lowest BCUT2D eigenvalue weighted by Gasteiger charge is -2.37. The summed E-state index contributed by atoms with van der Waals surface area (Å²) in [5.74, 6) is -0.702. The molecule has 1 fully saturated rings. The second-order valence-corrected chi connectivity index (χ2v) is 5.03. The Hall–Kier alpha value is -1.63. The summed E-state index contributed by atoms with van der Waals surface area (Å²) in [5, 5.41) is 4.79. The van der Waals surface area contributed by atoms with Crippen molar-refractivity contribution in [2.45, 2.75) is 52.1 Å². The molecule has 7 heteroatoms. The summed E-state index contributed by atoms with van der Waals surface area (Å²) >= 11 is 0. The number of likely N-dealkylation sites (tertiary alicyclic amines) is 1. The highest BCUT2D eigenvalue weighted by molar-refractivity contribution is 5.97. The number of esters is 1. The smallest absolute Gasteiger partial charge is 0.323 e. The number of ether oxygens (including phenoxy) is 1. The van der Waals surface area contributed by atoms with Crippen LogP contribution in [-0.2, 0) is 14.3 Å². The third-order valence-electron chi connectivity index (χ3n) is 3.55. The molecule has 0 aromatic rings. The first-order chi connectivity index (χ1) is 10.0. The zero-order valence-electron chi connectivity index (χ0n) is 13.0. The molecule has 0 saturated carbocycles. The molecule has 1 heterocycles. The van der Waals surface area contributed by atoms with Gasteiger partial charge in [0.1, 0.15) is 6.04 Å². The van der Waals surface area contributed by atoms with Crippen LogP contribution in [0.3, 0.4) is 0 Å². The number of hydrogen-bond acceptors (Lipinski definition) is 5. The molecule has 0 aromatic heterocycles. The molecule has 120 valence electrons. The second kappa shape index (κ2) is 8.61. The monoisotopic (exact) mass is 299 g/mol. The van der Waals surface area contributed by atoms with Gasteiger partial charge in [0.05, 0.1) is 12.6 Å². The highest BCUT2D eigenvalue weighted by Gasteiger charge is 2.35. The van der Waals surface area contributed by atoms with Gasteiger partial charge in [0, 0.05) is 6.54 Å². The van der Waals surface area contributed by atoms with Crippen LogP contribution in [0, 0.1) is 0 Å². The minimum absolute atomic E-state index is 0.296. The van der Waals surface area contributed by atoms with E-state index in [1.54, 1.807) is 20.8 Å². The van der Waals surface area contributed by atoms with Crippen molar-refractivity contribution in [3.63, 3.8) is 0 Å². The molecule has 1 aliphatic heterocycles. The fraction of sp³-hybridized carbons (Fsp3) is 0.786. The van der Waals surface area contributed by atoms with Gasteiger partial charge in [-0.1, -0.05) is 6.42 Å². The molecule has 2 N–H and O–H groups in total. The minimum Gasteiger partial charge on any atom is -0.465 e. The topological polar surface area (TPSA) is 87.7 Å². The van der Waals surface area contributed by atoms with Crippen LogP contribution in [0.15, 0.2) is 0 Å². The lowest BCUT2D eigenvalue weighted by atomic mass is 10.00. The van der Waals surface area contributed by atoms with Gasteiger partial charge in [-0.05, 0) is 40.2 Å². The number of imide groups is 1. The zero-order valence-corrected chi connectivity index (χ0v) is 13.0. The SMILES string of the molecule is CCNC(=O)NC(=O)C(C)N1CCCCC1C(=O)OCC. The normalized spacial score (nSPS) is 20.4. The molecule has 1 saturated heterocycles. The van der Waals surface area contributed by atoms with Crippen molar-refractivity contribution in [3.05, 3.63) is 0 Å². The van der Waals surface area contributed by atoms with E-state index >= 15 is 0 Å². The summed E-state index contributed by atoms with van der Waals surface area (Å²) in [6, 6.07) is -1.48. The quantitative estimate of drug-likeness (QED) is 0.727. The summed E-state index contributed by atoms with van der Waals surface area (Å²) < 4.78 is 5.07. The first-order valence-electron chi connectivity index (χ1n) is 7.52. The summed E-state index contributed by atoms with van der Waals surface area (Å²) in [5.41, 5.74) is 0. The maximum atomic E-state index is 12.1. The predicted octanol–water partition coefficient (Wildman–Crippen LogP) is 0.638. The van der Waals surface area contributed by atoms with Gasteiger partial charge in [-0.25, -0.2) is 4.79 Å². The molecule has 0 aliphatic carbocycles. The third kappa shape index (κ3) is 5.00. The van der Waals surface area contributed by atoms with Gasteiger partial charge in [0.2, 0.25) is 5.91 Å². The Balaban J connectivity index is 2.67. The van der Waals surface area contributed by atoms with Crippen molar-refractivity contribution in [1.29, 1.82) is 0 Å². The van der Waals surface area contributed by atoms with Crippen LogP contribution in [0.5, 0.6) is 0 Å². The molecule has 2 unspecified atom stereocenters. The van der Waals surface area contributed by atoms with Crippen molar-refractivity contribution < 1.29 is 19.1 Å². The van der Waals surface area contributed by atoms with E-state index in [1.807, 2.05) is 4.90 Å². The van der Waals surface area contributed by atoms with Gasteiger partial charge in [-0.15, -0.1) is 0 Å². The van der Waals surface area contributed by atoms with E-state index in [0.29, 0.717) is 26.1 Å². The van der Waals surface area contributed by atoms with Gasteiger partial charge in [-0.2, -0.15) is 0 Å². The number of nitrogens with one attached hydrogen (secondary N) is 2. The summed E-state index contributed by atoms with van der Waals surface area (Å²) in [4.78, 5) is 37.3. The predicted molar refractivity (Wildman–Crippen MR) is 77.7 cm³/mol. The first-order valence-corrected chi connectivity index (χ1v) is 7.52. The molecule has 21 heavy (non-hydrogen) atoms. The van der Waals surface area contributed by atoms with Crippen molar-refractivity contribution in [3.8, 4) is 0 Å². The van der Waals surface area contributed by atoms with Crippen LogP contribution in [0.2, 0.25) is 0 Å². The molecule has 0 spiro atoms. The maximum Gasteiger partial charge on any atom is 0.323 e. The number of amides is 3. The second-order valence-electron chi connectivity index (χ2n) is 5.03. The van der Waals surface area contributed by atoms with Gasteiger partial charge in [0.15, 0.2) is 0 Å². The molecule has 2 atom stereocenters. The van der Waals surface area contributed by atoms with E-state index in [-0.39, 0.29) is 5.97 Å². The van der Waals surface area contributed by atoms with E-state index < -0.39 is 24.0 Å². The highest BCUT2D eigenvalue weighted by Crippen LogP contribution is 2.20. The maximum absolute atomic E-state index is 12.1. The minimum atomic E-state index is -0.553. The average Bonchev–Trinajstić information content (AvgIpc) is 2.46. The summed E-state index contributed by atoms with van der Waals surface area (Å²) in [6.07, 6.45) is 2.54. The van der Waals surface area contributed by atoms with Crippen molar-refractivity contribution >= 4 is 17.9 Å². The fourth-order valence-electron chi connectivity index (χ4n) is 2.48. The standard InChI is InChI=1S/C14H25N3O4/c1-4-15-14(20)16-12(18)10(3)17-9-7-6-8-11(17)13(19)21-5-2/h10-11H,4-9H2,1-3H3,(H2,15,16,18,20). The number of urea groups is 1. The Kier molecular flexibility index (Phi) is 7.14. The van der Waals surface area contributed by atoms with E-state index in [4.69, 9.17) is 4.74 Å². The lowest BCUT2D eigenvalue weighted by Crippen LogP contribution is -2.56. The van der Waals surface area contributed by atoms with Crippen LogP contribution >= 0.6 is 0 Å².